The molecule has 2 aliphatic rings. The van der Waals surface area contributed by atoms with Gasteiger partial charge in [0, 0.05) is 27.1 Å². The molecule has 0 spiro atoms. The Bertz CT molecular complexity index is 4000. The molecule has 340 valence electrons. The molecule has 16 heteroatoms. The van der Waals surface area contributed by atoms with Crippen molar-refractivity contribution in [3.8, 4) is 0 Å². The Labute approximate surface area is 398 Å². The Hall–Kier alpha value is -8.60. The first-order valence-corrected chi connectivity index (χ1v) is 23.0. The molecule has 0 amide bonds. The van der Waals surface area contributed by atoms with Crippen LogP contribution in [-0.4, -0.2) is 44.5 Å². The number of rotatable bonds is 6. The van der Waals surface area contributed by atoms with E-state index in [4.69, 9.17) is 9.47 Å². The van der Waals surface area contributed by atoms with Crippen LogP contribution in [0.25, 0.3) is 64.3 Å². The van der Waals surface area contributed by atoms with E-state index in [1.54, 1.807) is 66.7 Å². The molecule has 0 fully saturated rings. The second-order valence-electron chi connectivity index (χ2n) is 16.6. The van der Waals surface area contributed by atoms with Gasteiger partial charge in [0.05, 0.1) is 47.5 Å². The van der Waals surface area contributed by atoms with Crippen molar-refractivity contribution in [1.29, 1.82) is 0 Å². The highest BCUT2D eigenvalue weighted by atomic mass is 32.1. The Morgan fingerprint density at radius 3 is 1.37 bits per heavy atom. The molecule has 0 saturated carbocycles. The van der Waals surface area contributed by atoms with Gasteiger partial charge in [0.1, 0.15) is 13.2 Å². The average molecular weight is 971 g/mol. The Morgan fingerprint density at radius 2 is 0.914 bits per heavy atom. The molecule has 0 N–H and O–H groups in total. The fourth-order valence-corrected chi connectivity index (χ4v) is 11.5. The number of aromatic nitrogens is 2. The van der Waals surface area contributed by atoms with E-state index in [0.29, 0.717) is 35.6 Å². The third-order valence-electron chi connectivity index (χ3n) is 12.4. The number of fused-ring (bicyclic) bond motifs is 9. The standard InChI is InChI=1S/C54H26F4N2O8S2/c55-39-15-27-11-33-34(12-28(27)16-40(39)56)48(62)37(47(33)61)19-31-20-44-45(59(31)53(65)67-23-25-7-3-1-4-8-25)46-52(70-44)51-43(60(46)54(66)68-24-26-9-5-2-6-10-26)22-32(69-51)21-38-49(63)35-13-29-17-41(57)42(58)18-30(29)14-36(35)50(38)64/h1-22H,23-24H2. The maximum atomic E-state index is 14.5. The molecule has 70 heavy (non-hydrogen) atoms. The second kappa shape index (κ2) is 16.0. The zero-order valence-corrected chi connectivity index (χ0v) is 37.2. The van der Waals surface area contributed by atoms with E-state index >= 15 is 0 Å². The summed E-state index contributed by atoms with van der Waals surface area (Å²) in [5, 5.41) is 0.873. The average Bonchev–Trinajstić information content (AvgIpc) is 4.17. The Balaban J connectivity index is 1.02. The van der Waals surface area contributed by atoms with Gasteiger partial charge in [0.2, 0.25) is 0 Å². The van der Waals surface area contributed by atoms with Crippen molar-refractivity contribution in [2.75, 3.05) is 0 Å². The molecule has 10 nitrogen and oxygen atoms in total. The lowest BCUT2D eigenvalue weighted by molar-refractivity contribution is 0.0975. The van der Waals surface area contributed by atoms with E-state index in [1.807, 2.05) is 6.07 Å². The van der Waals surface area contributed by atoms with E-state index in [2.05, 4.69) is 0 Å². The number of ether oxygens (including phenoxy) is 2. The summed E-state index contributed by atoms with van der Waals surface area (Å²) in [7, 11) is 0. The summed E-state index contributed by atoms with van der Waals surface area (Å²) in [5.41, 5.74) is 1.53. The largest absolute Gasteiger partial charge is 0.444 e. The van der Waals surface area contributed by atoms with Crippen LogP contribution >= 0.6 is 22.7 Å². The minimum atomic E-state index is -1.13. The summed E-state index contributed by atoms with van der Waals surface area (Å²) < 4.78 is 72.4. The van der Waals surface area contributed by atoms with Gasteiger partial charge in [-0.05, 0) is 105 Å². The van der Waals surface area contributed by atoms with Crippen molar-refractivity contribution in [1.82, 2.24) is 9.13 Å². The SMILES string of the molecule is O=C1C(=Cc2cc3c(s2)c2sc4cc(C=C5C(=O)c6cc7cc(F)c(F)cc7cc6C5=O)n(C(=O)OCc5ccccc5)c4c2n3C(=O)OCc2ccccc2)C(=O)c2cc3cc(F)c(F)cc3cc21. The van der Waals surface area contributed by atoms with Gasteiger partial charge in [-0.25, -0.2) is 36.3 Å². The summed E-state index contributed by atoms with van der Waals surface area (Å²) in [4.78, 5) is 85.1. The summed E-state index contributed by atoms with van der Waals surface area (Å²) in [6.45, 7) is -0.320. The molecule has 4 aromatic heterocycles. The molecule has 0 unspecified atom stereocenters. The van der Waals surface area contributed by atoms with Gasteiger partial charge in [-0.1, -0.05) is 60.7 Å². The van der Waals surface area contributed by atoms with Gasteiger partial charge in [-0.15, -0.1) is 22.7 Å². The smallest absolute Gasteiger partial charge is 0.419 e. The van der Waals surface area contributed by atoms with Crippen LogP contribution in [-0.2, 0) is 22.7 Å². The van der Waals surface area contributed by atoms with Gasteiger partial charge in [-0.2, -0.15) is 0 Å². The maximum absolute atomic E-state index is 14.5. The van der Waals surface area contributed by atoms with Crippen LogP contribution in [0.15, 0.2) is 132 Å². The predicted octanol–water partition coefficient (Wildman–Crippen LogP) is 13.0. The van der Waals surface area contributed by atoms with Crippen molar-refractivity contribution < 1.29 is 55.8 Å². The molecule has 0 radical (unpaired) electrons. The van der Waals surface area contributed by atoms with Crippen LogP contribution in [0.4, 0.5) is 27.2 Å². The van der Waals surface area contributed by atoms with E-state index in [-0.39, 0.29) is 84.9 Å². The molecule has 0 bridgehead atoms. The molecule has 0 saturated heterocycles. The third kappa shape index (κ3) is 6.74. The number of nitrogens with zero attached hydrogens (tertiary/aromatic N) is 2. The highest BCUT2D eigenvalue weighted by Gasteiger charge is 2.37. The summed E-state index contributed by atoms with van der Waals surface area (Å²) in [6, 6.07) is 30.0. The number of hydrogen-bond acceptors (Lipinski definition) is 10. The van der Waals surface area contributed by atoms with Crippen molar-refractivity contribution in [3.63, 3.8) is 0 Å². The minimum absolute atomic E-state index is 0.0304. The highest BCUT2D eigenvalue weighted by Crippen LogP contribution is 2.47. The van der Waals surface area contributed by atoms with E-state index in [1.165, 1.54) is 52.3 Å². The first kappa shape index (κ1) is 42.7. The fourth-order valence-electron chi connectivity index (χ4n) is 9.09. The van der Waals surface area contributed by atoms with Crippen LogP contribution in [0.3, 0.4) is 0 Å². The van der Waals surface area contributed by atoms with E-state index < -0.39 is 58.6 Å². The zero-order valence-electron chi connectivity index (χ0n) is 35.6. The number of ketones is 4. The van der Waals surface area contributed by atoms with E-state index in [9.17, 15) is 46.3 Å². The van der Waals surface area contributed by atoms with Crippen molar-refractivity contribution in [2.24, 2.45) is 0 Å². The number of halogens is 4. The van der Waals surface area contributed by atoms with Crippen LogP contribution in [0.1, 0.15) is 63.1 Å². The topological polar surface area (TPSA) is 131 Å². The molecular weight excluding hydrogens is 945 g/mol. The summed E-state index contributed by atoms with van der Waals surface area (Å²) in [6.07, 6.45) is 0.868. The first-order valence-electron chi connectivity index (χ1n) is 21.3. The van der Waals surface area contributed by atoms with Gasteiger partial charge < -0.3 is 9.47 Å². The number of benzene rings is 6. The quantitative estimate of drug-likeness (QED) is 0.0914. The summed E-state index contributed by atoms with van der Waals surface area (Å²) >= 11 is 2.33. The Morgan fingerprint density at radius 1 is 0.486 bits per heavy atom. The predicted molar refractivity (Wildman–Crippen MR) is 256 cm³/mol. The molecule has 6 aromatic carbocycles. The summed E-state index contributed by atoms with van der Waals surface area (Å²) in [5.74, 6) is -7.12. The number of hydrogen-bond donors (Lipinski definition) is 0. The normalized spacial score (nSPS) is 13.4. The maximum Gasteiger partial charge on any atom is 0.419 e. The van der Waals surface area contributed by atoms with E-state index in [0.717, 1.165) is 40.2 Å². The Kier molecular flexibility index (Phi) is 9.77. The molecule has 4 heterocycles. The first-order chi connectivity index (χ1) is 33.8. The van der Waals surface area contributed by atoms with Crippen molar-refractivity contribution >= 4 is 122 Å². The number of allylic oxidation sites excluding steroid dienone is 2. The zero-order chi connectivity index (χ0) is 48.3. The molecule has 0 atom stereocenters. The van der Waals surface area contributed by atoms with Gasteiger partial charge in [0.25, 0.3) is 0 Å². The molecule has 0 aliphatic heterocycles. The van der Waals surface area contributed by atoms with Gasteiger partial charge >= 0.3 is 12.2 Å². The van der Waals surface area contributed by atoms with Crippen molar-refractivity contribution in [3.05, 3.63) is 200 Å². The third-order valence-corrected chi connectivity index (χ3v) is 14.7. The number of carbonyl (C=O) groups excluding carboxylic acids is 6. The van der Waals surface area contributed by atoms with Crippen LogP contribution in [0.2, 0.25) is 0 Å². The van der Waals surface area contributed by atoms with Gasteiger partial charge in [-0.3, -0.25) is 19.2 Å². The molecular formula is C54H26F4N2O8S2. The molecule has 2 aliphatic carbocycles. The number of carbonyl (C=O) groups is 6. The van der Waals surface area contributed by atoms with Crippen LogP contribution in [0, 0.1) is 23.3 Å². The number of Topliss-reactive ketones (excluding diaryl/α,β-unsaturated/α-hetero) is 4. The fraction of sp³-hybridized carbons (Fsp3) is 0.0370. The van der Waals surface area contributed by atoms with Crippen LogP contribution in [0.5, 0.6) is 0 Å². The highest BCUT2D eigenvalue weighted by molar-refractivity contribution is 7.31. The minimum Gasteiger partial charge on any atom is -0.444 e. The lowest BCUT2D eigenvalue weighted by Crippen LogP contribution is -2.17. The monoisotopic (exact) mass is 970 g/mol. The van der Waals surface area contributed by atoms with Gasteiger partial charge in [0.15, 0.2) is 46.4 Å². The lowest BCUT2D eigenvalue weighted by Gasteiger charge is -2.11. The van der Waals surface area contributed by atoms with Crippen LogP contribution < -0.4 is 0 Å². The molecule has 10 aromatic rings. The molecule has 12 rings (SSSR count). The number of thiophene rings is 2. The van der Waals surface area contributed by atoms with Crippen molar-refractivity contribution in [2.45, 2.75) is 13.2 Å². The second-order valence-corrected chi connectivity index (χ2v) is 18.8. The lowest BCUT2D eigenvalue weighted by atomic mass is 10.0.